The number of para-hydroxylation sites is 2. The first-order chi connectivity index (χ1) is 13.3. The molecule has 6 rings (SSSR count). The Morgan fingerprint density at radius 2 is 1.37 bits per heavy atom. The Bertz CT molecular complexity index is 1490. The van der Waals surface area contributed by atoms with E-state index in [9.17, 15) is 0 Å². The van der Waals surface area contributed by atoms with Crippen molar-refractivity contribution in [2.45, 2.75) is 0 Å². The fourth-order valence-electron chi connectivity index (χ4n) is 4.15. The van der Waals surface area contributed by atoms with Crippen LogP contribution in [0.15, 0.2) is 93.8 Å². The highest BCUT2D eigenvalue weighted by Crippen LogP contribution is 2.38. The summed E-state index contributed by atoms with van der Waals surface area (Å²) in [6, 6.07) is 29.6. The van der Waals surface area contributed by atoms with Crippen molar-refractivity contribution in [1.82, 2.24) is 4.57 Å². The molecule has 2 aromatic heterocycles. The third-order valence-electron chi connectivity index (χ3n) is 5.26. The fraction of sp³-hybridized carbons (Fsp3) is 0. The molecule has 0 aliphatic carbocycles. The molecule has 2 heterocycles. The zero-order valence-corrected chi connectivity index (χ0v) is 15.9. The van der Waals surface area contributed by atoms with E-state index in [1.54, 1.807) is 0 Å². The second kappa shape index (κ2) is 5.48. The minimum Gasteiger partial charge on any atom is -0.456 e. The molecular weight excluding hydrogens is 398 g/mol. The van der Waals surface area contributed by atoms with Crippen LogP contribution in [0, 0.1) is 0 Å². The second-order valence-corrected chi connectivity index (χ2v) is 7.68. The first-order valence-electron chi connectivity index (χ1n) is 8.90. The summed E-state index contributed by atoms with van der Waals surface area (Å²) in [6.45, 7) is 0. The van der Waals surface area contributed by atoms with Gasteiger partial charge in [0.25, 0.3) is 0 Å². The molecule has 0 spiro atoms. The molecule has 0 atom stereocenters. The van der Waals surface area contributed by atoms with Gasteiger partial charge in [-0.15, -0.1) is 0 Å². The maximum absolute atomic E-state index is 6.11. The lowest BCUT2D eigenvalue weighted by molar-refractivity contribution is 0.669. The average Bonchev–Trinajstić information content (AvgIpc) is 3.23. The van der Waals surface area contributed by atoms with Crippen molar-refractivity contribution in [1.29, 1.82) is 0 Å². The summed E-state index contributed by atoms with van der Waals surface area (Å²) in [4.78, 5) is 0. The van der Waals surface area contributed by atoms with Crippen LogP contribution in [-0.2, 0) is 0 Å². The van der Waals surface area contributed by atoms with Crippen molar-refractivity contribution in [2.75, 3.05) is 0 Å². The van der Waals surface area contributed by atoms with E-state index in [1.165, 1.54) is 21.8 Å². The first-order valence-corrected chi connectivity index (χ1v) is 9.70. The van der Waals surface area contributed by atoms with Crippen molar-refractivity contribution in [2.24, 2.45) is 0 Å². The number of aromatic nitrogens is 1. The first kappa shape index (κ1) is 15.1. The van der Waals surface area contributed by atoms with E-state index in [4.69, 9.17) is 4.42 Å². The molecule has 0 saturated heterocycles. The Hall–Kier alpha value is -3.04. The number of furan rings is 1. The third-order valence-corrected chi connectivity index (χ3v) is 5.75. The molecule has 0 N–H and O–H groups in total. The predicted molar refractivity (Wildman–Crippen MR) is 116 cm³/mol. The Balaban J connectivity index is 1.86. The predicted octanol–water partition coefficient (Wildman–Crippen LogP) is 7.45. The van der Waals surface area contributed by atoms with Crippen LogP contribution < -0.4 is 0 Å². The van der Waals surface area contributed by atoms with Crippen LogP contribution in [0.4, 0.5) is 0 Å². The lowest BCUT2D eigenvalue weighted by Gasteiger charge is -2.09. The summed E-state index contributed by atoms with van der Waals surface area (Å²) >= 11 is 3.63. The highest BCUT2D eigenvalue weighted by Gasteiger charge is 2.17. The highest BCUT2D eigenvalue weighted by atomic mass is 79.9. The van der Waals surface area contributed by atoms with E-state index in [0.717, 1.165) is 32.1 Å². The van der Waals surface area contributed by atoms with Gasteiger partial charge in [0.05, 0.1) is 22.1 Å². The summed E-state index contributed by atoms with van der Waals surface area (Å²) in [7, 11) is 0. The molecule has 0 amide bonds. The van der Waals surface area contributed by atoms with Gasteiger partial charge in [-0.2, -0.15) is 0 Å². The van der Waals surface area contributed by atoms with Crippen LogP contribution in [0.3, 0.4) is 0 Å². The molecule has 0 radical (unpaired) electrons. The molecule has 0 aliphatic rings. The lowest BCUT2D eigenvalue weighted by Crippen LogP contribution is -1.94. The Kier molecular flexibility index (Phi) is 3.06. The molecule has 0 fully saturated rings. The molecule has 4 aromatic carbocycles. The highest BCUT2D eigenvalue weighted by molar-refractivity contribution is 9.10. The minimum absolute atomic E-state index is 0.914. The SMILES string of the molecule is Brc1ccc2c(c1)c1ccccc1n2-c1cccc2oc3ccccc3c12. The summed E-state index contributed by atoms with van der Waals surface area (Å²) in [5.74, 6) is 0. The zero-order chi connectivity index (χ0) is 18.0. The van der Waals surface area contributed by atoms with Crippen molar-refractivity contribution in [3.63, 3.8) is 0 Å². The molecule has 0 aliphatic heterocycles. The molecule has 27 heavy (non-hydrogen) atoms. The van der Waals surface area contributed by atoms with Crippen LogP contribution in [0.1, 0.15) is 0 Å². The van der Waals surface area contributed by atoms with Gasteiger partial charge < -0.3 is 8.98 Å². The largest absolute Gasteiger partial charge is 0.456 e. The minimum atomic E-state index is 0.914. The molecule has 0 bridgehead atoms. The van der Waals surface area contributed by atoms with Crippen LogP contribution in [-0.4, -0.2) is 4.57 Å². The number of fused-ring (bicyclic) bond motifs is 6. The van der Waals surface area contributed by atoms with Crippen LogP contribution >= 0.6 is 15.9 Å². The number of hydrogen-bond donors (Lipinski definition) is 0. The molecular formula is C24H14BrNO. The standard InChI is InChI=1S/C24H14BrNO/c25-15-12-13-20-18(14-15)16-6-1-3-8-19(16)26(20)21-9-5-11-23-24(21)17-7-2-4-10-22(17)27-23/h1-14H. The van der Waals surface area contributed by atoms with E-state index in [1.807, 2.05) is 18.2 Å². The van der Waals surface area contributed by atoms with E-state index in [2.05, 4.69) is 87.2 Å². The molecule has 6 aromatic rings. The normalized spacial score (nSPS) is 11.9. The molecule has 3 heteroatoms. The molecule has 128 valence electrons. The van der Waals surface area contributed by atoms with Crippen molar-refractivity contribution >= 4 is 59.7 Å². The monoisotopic (exact) mass is 411 g/mol. The van der Waals surface area contributed by atoms with E-state index < -0.39 is 0 Å². The van der Waals surface area contributed by atoms with Gasteiger partial charge >= 0.3 is 0 Å². The summed E-state index contributed by atoms with van der Waals surface area (Å²) < 4.78 is 9.55. The van der Waals surface area contributed by atoms with Gasteiger partial charge in [0, 0.05) is 20.6 Å². The van der Waals surface area contributed by atoms with Crippen molar-refractivity contribution in [3.05, 3.63) is 89.4 Å². The van der Waals surface area contributed by atoms with Crippen LogP contribution in [0.25, 0.3) is 49.4 Å². The van der Waals surface area contributed by atoms with Crippen molar-refractivity contribution < 1.29 is 4.42 Å². The Labute approximate surface area is 163 Å². The quantitative estimate of drug-likeness (QED) is 0.274. The summed E-state index contributed by atoms with van der Waals surface area (Å²) in [5, 5.41) is 4.79. The van der Waals surface area contributed by atoms with Gasteiger partial charge in [0.1, 0.15) is 11.2 Å². The number of rotatable bonds is 1. The maximum atomic E-state index is 6.11. The van der Waals surface area contributed by atoms with Gasteiger partial charge in [-0.1, -0.05) is 58.4 Å². The zero-order valence-electron chi connectivity index (χ0n) is 14.3. The Morgan fingerprint density at radius 1 is 0.630 bits per heavy atom. The average molecular weight is 412 g/mol. The van der Waals surface area contributed by atoms with E-state index in [0.29, 0.717) is 0 Å². The van der Waals surface area contributed by atoms with Crippen LogP contribution in [0.2, 0.25) is 0 Å². The topological polar surface area (TPSA) is 18.1 Å². The fourth-order valence-corrected chi connectivity index (χ4v) is 4.51. The maximum Gasteiger partial charge on any atom is 0.137 e. The Morgan fingerprint density at radius 3 is 2.30 bits per heavy atom. The van der Waals surface area contributed by atoms with E-state index in [-0.39, 0.29) is 0 Å². The number of halogens is 1. The second-order valence-electron chi connectivity index (χ2n) is 6.76. The molecule has 0 saturated carbocycles. The number of nitrogens with zero attached hydrogens (tertiary/aromatic N) is 1. The van der Waals surface area contributed by atoms with Crippen molar-refractivity contribution in [3.8, 4) is 5.69 Å². The van der Waals surface area contributed by atoms with Gasteiger partial charge in [-0.05, 0) is 42.5 Å². The van der Waals surface area contributed by atoms with Crippen LogP contribution in [0.5, 0.6) is 0 Å². The lowest BCUT2D eigenvalue weighted by atomic mass is 10.1. The van der Waals surface area contributed by atoms with Gasteiger partial charge in [0.2, 0.25) is 0 Å². The van der Waals surface area contributed by atoms with Gasteiger partial charge in [0.15, 0.2) is 0 Å². The van der Waals surface area contributed by atoms with Gasteiger partial charge in [-0.3, -0.25) is 0 Å². The van der Waals surface area contributed by atoms with Gasteiger partial charge in [-0.25, -0.2) is 0 Å². The molecule has 2 nitrogen and oxygen atoms in total. The molecule has 0 unspecified atom stereocenters. The summed E-state index contributed by atoms with van der Waals surface area (Å²) in [5.41, 5.74) is 5.37. The third kappa shape index (κ3) is 2.06. The number of benzene rings is 4. The summed E-state index contributed by atoms with van der Waals surface area (Å²) in [6.07, 6.45) is 0. The smallest absolute Gasteiger partial charge is 0.137 e. The number of hydrogen-bond acceptors (Lipinski definition) is 1. The van der Waals surface area contributed by atoms with E-state index >= 15 is 0 Å².